The molecule has 3 nitrogen and oxygen atoms in total. The van der Waals surface area contributed by atoms with E-state index in [-0.39, 0.29) is 11.7 Å². The van der Waals surface area contributed by atoms with Gasteiger partial charge in [0, 0.05) is 12.1 Å². The normalized spacial score (nSPS) is 42.6. The molecule has 3 rings (SSSR count). The van der Waals surface area contributed by atoms with Crippen molar-refractivity contribution in [3.8, 4) is 0 Å². The Labute approximate surface area is 104 Å². The lowest BCUT2D eigenvalue weighted by atomic mass is 9.95. The van der Waals surface area contributed by atoms with E-state index in [1.54, 1.807) is 0 Å². The van der Waals surface area contributed by atoms with E-state index in [4.69, 9.17) is 4.74 Å². The van der Waals surface area contributed by atoms with E-state index in [0.29, 0.717) is 12.1 Å². The molecular weight excluding hydrogens is 214 g/mol. The van der Waals surface area contributed by atoms with Gasteiger partial charge in [-0.05, 0) is 57.8 Å². The molecule has 0 radical (unpaired) electrons. The van der Waals surface area contributed by atoms with Crippen molar-refractivity contribution in [3.05, 3.63) is 0 Å². The highest BCUT2D eigenvalue weighted by Gasteiger charge is 2.65. The smallest absolute Gasteiger partial charge is 0.410 e. The number of hydrogen-bond acceptors (Lipinski definition) is 2. The molecule has 0 aromatic rings. The highest BCUT2D eigenvalue weighted by molar-refractivity contribution is 5.70. The van der Waals surface area contributed by atoms with E-state index < -0.39 is 0 Å². The largest absolute Gasteiger partial charge is 0.444 e. The van der Waals surface area contributed by atoms with Crippen LogP contribution >= 0.6 is 0 Å². The highest BCUT2D eigenvalue weighted by atomic mass is 16.6. The first-order valence-corrected chi connectivity index (χ1v) is 6.93. The van der Waals surface area contributed by atoms with Crippen molar-refractivity contribution in [3.63, 3.8) is 0 Å². The van der Waals surface area contributed by atoms with Crippen LogP contribution < -0.4 is 0 Å². The predicted octanol–water partition coefficient (Wildman–Crippen LogP) is 3.04. The third-order valence-electron chi connectivity index (χ3n) is 4.68. The lowest BCUT2D eigenvalue weighted by molar-refractivity contribution is 0.00571. The standard InChI is InChI=1S/C14H23NO2/c1-5-11-10-7-12(9-6-8(9)10)15(11)13(16)17-14(2,3)4/h8-12H,5-7H2,1-4H3/t8-,9+,10-,11-,12+/m1/s1. The summed E-state index contributed by atoms with van der Waals surface area (Å²) in [6.07, 6.45) is 3.57. The molecule has 96 valence electrons. The van der Waals surface area contributed by atoms with Crippen LogP contribution in [0.1, 0.15) is 47.0 Å². The Morgan fingerprint density at radius 1 is 1.24 bits per heavy atom. The fraction of sp³-hybridized carbons (Fsp3) is 0.929. The van der Waals surface area contributed by atoms with Gasteiger partial charge in [-0.1, -0.05) is 6.92 Å². The van der Waals surface area contributed by atoms with E-state index in [2.05, 4.69) is 11.8 Å². The molecule has 5 atom stereocenters. The first kappa shape index (κ1) is 11.4. The summed E-state index contributed by atoms with van der Waals surface area (Å²) < 4.78 is 5.56. The van der Waals surface area contributed by atoms with Gasteiger partial charge in [-0.2, -0.15) is 0 Å². The summed E-state index contributed by atoms with van der Waals surface area (Å²) in [5.74, 6) is 2.50. The van der Waals surface area contributed by atoms with Gasteiger partial charge in [-0.15, -0.1) is 0 Å². The van der Waals surface area contributed by atoms with Crippen LogP contribution in [0.2, 0.25) is 0 Å². The quantitative estimate of drug-likeness (QED) is 0.701. The second-order valence-corrected chi connectivity index (χ2v) is 6.89. The summed E-state index contributed by atoms with van der Waals surface area (Å²) in [4.78, 5) is 14.4. The fourth-order valence-electron chi connectivity index (χ4n) is 4.10. The second kappa shape index (κ2) is 3.39. The van der Waals surface area contributed by atoms with Crippen molar-refractivity contribution in [2.45, 2.75) is 64.6 Å². The van der Waals surface area contributed by atoms with Crippen molar-refractivity contribution in [2.24, 2.45) is 17.8 Å². The Kier molecular flexibility index (Phi) is 2.27. The Morgan fingerprint density at radius 2 is 1.94 bits per heavy atom. The number of ether oxygens (including phenoxy) is 1. The molecule has 1 amide bonds. The number of piperidine rings is 1. The maximum Gasteiger partial charge on any atom is 0.410 e. The number of amides is 1. The third-order valence-corrected chi connectivity index (χ3v) is 4.68. The molecule has 17 heavy (non-hydrogen) atoms. The van der Waals surface area contributed by atoms with Crippen LogP contribution in [0.25, 0.3) is 0 Å². The summed E-state index contributed by atoms with van der Waals surface area (Å²) in [6, 6.07) is 0.934. The van der Waals surface area contributed by atoms with Gasteiger partial charge in [0.05, 0.1) is 0 Å². The molecule has 3 aliphatic rings. The Balaban J connectivity index is 1.76. The molecule has 3 fully saturated rings. The van der Waals surface area contributed by atoms with Crippen molar-refractivity contribution >= 4 is 6.09 Å². The summed E-state index contributed by atoms with van der Waals surface area (Å²) in [5, 5.41) is 0. The van der Waals surface area contributed by atoms with E-state index in [0.717, 1.165) is 24.2 Å². The number of nitrogens with zero attached hydrogens (tertiary/aromatic N) is 1. The Hall–Kier alpha value is -0.730. The third kappa shape index (κ3) is 1.66. The van der Waals surface area contributed by atoms with E-state index in [9.17, 15) is 4.79 Å². The minimum absolute atomic E-state index is 0.0813. The molecule has 1 saturated heterocycles. The molecule has 2 saturated carbocycles. The van der Waals surface area contributed by atoms with Crippen LogP contribution in [0.3, 0.4) is 0 Å². The molecule has 0 spiro atoms. The average molecular weight is 237 g/mol. The zero-order valence-corrected chi connectivity index (χ0v) is 11.3. The van der Waals surface area contributed by atoms with Gasteiger partial charge in [-0.3, -0.25) is 0 Å². The van der Waals surface area contributed by atoms with Gasteiger partial charge >= 0.3 is 6.09 Å². The van der Waals surface area contributed by atoms with Crippen molar-refractivity contribution in [2.75, 3.05) is 0 Å². The Bertz CT molecular complexity index is 347. The zero-order chi connectivity index (χ0) is 12.4. The molecule has 1 heterocycles. The summed E-state index contributed by atoms with van der Waals surface area (Å²) in [7, 11) is 0. The minimum atomic E-state index is -0.375. The molecule has 3 heteroatoms. The van der Waals surface area contributed by atoms with Crippen molar-refractivity contribution in [1.82, 2.24) is 4.90 Å². The number of carbonyl (C=O) groups is 1. The molecule has 0 unspecified atom stereocenters. The van der Waals surface area contributed by atoms with Gasteiger partial charge in [0.1, 0.15) is 5.60 Å². The number of carbonyl (C=O) groups excluding carboxylic acids is 1. The molecule has 0 aromatic heterocycles. The Morgan fingerprint density at radius 3 is 2.53 bits per heavy atom. The van der Waals surface area contributed by atoms with Crippen LogP contribution in [-0.2, 0) is 4.74 Å². The predicted molar refractivity (Wildman–Crippen MR) is 65.6 cm³/mol. The van der Waals surface area contributed by atoms with Crippen LogP contribution in [0.5, 0.6) is 0 Å². The first-order chi connectivity index (χ1) is 7.92. The van der Waals surface area contributed by atoms with E-state index >= 15 is 0 Å². The van der Waals surface area contributed by atoms with E-state index in [1.165, 1.54) is 12.8 Å². The maximum absolute atomic E-state index is 12.3. The molecule has 2 aliphatic carbocycles. The van der Waals surface area contributed by atoms with Gasteiger partial charge in [0.25, 0.3) is 0 Å². The number of likely N-dealkylation sites (tertiary alicyclic amines) is 1. The lowest BCUT2D eigenvalue weighted by Crippen LogP contribution is -2.47. The summed E-state index contributed by atoms with van der Waals surface area (Å²) >= 11 is 0. The highest BCUT2D eigenvalue weighted by Crippen LogP contribution is 2.63. The number of rotatable bonds is 1. The number of fused-ring (bicyclic) bond motifs is 5. The molecule has 0 aromatic carbocycles. The van der Waals surface area contributed by atoms with Crippen LogP contribution in [-0.4, -0.2) is 28.7 Å². The summed E-state index contributed by atoms with van der Waals surface area (Å²) in [5.41, 5.74) is -0.375. The zero-order valence-electron chi connectivity index (χ0n) is 11.3. The SMILES string of the molecule is CC[C@@H]1[C@@H]2C[C@@H]([C@H]3C[C@@H]23)N1C(=O)OC(C)(C)C. The molecule has 1 aliphatic heterocycles. The van der Waals surface area contributed by atoms with E-state index in [1.807, 2.05) is 20.8 Å². The first-order valence-electron chi connectivity index (χ1n) is 6.93. The summed E-state index contributed by atoms with van der Waals surface area (Å²) in [6.45, 7) is 8.03. The number of hydrogen-bond donors (Lipinski definition) is 0. The molecule has 2 bridgehead atoms. The van der Waals surface area contributed by atoms with Gasteiger partial charge in [0.2, 0.25) is 0 Å². The molecular formula is C14H23NO2. The van der Waals surface area contributed by atoms with Gasteiger partial charge in [0.15, 0.2) is 0 Å². The fourth-order valence-corrected chi connectivity index (χ4v) is 4.10. The van der Waals surface area contributed by atoms with Crippen molar-refractivity contribution in [1.29, 1.82) is 0 Å². The second-order valence-electron chi connectivity index (χ2n) is 6.89. The monoisotopic (exact) mass is 237 g/mol. The van der Waals surface area contributed by atoms with Crippen LogP contribution in [0.4, 0.5) is 4.79 Å². The topological polar surface area (TPSA) is 29.5 Å². The van der Waals surface area contributed by atoms with Crippen molar-refractivity contribution < 1.29 is 9.53 Å². The maximum atomic E-state index is 12.3. The van der Waals surface area contributed by atoms with Crippen LogP contribution in [0, 0.1) is 17.8 Å². The van der Waals surface area contributed by atoms with Gasteiger partial charge in [-0.25, -0.2) is 4.79 Å². The lowest BCUT2D eigenvalue weighted by Gasteiger charge is -2.35. The van der Waals surface area contributed by atoms with Crippen LogP contribution in [0.15, 0.2) is 0 Å². The van der Waals surface area contributed by atoms with Gasteiger partial charge < -0.3 is 9.64 Å². The minimum Gasteiger partial charge on any atom is -0.444 e. The average Bonchev–Trinajstić information content (AvgIpc) is 2.82. The molecule has 0 N–H and O–H groups in total.